The second-order valence-corrected chi connectivity index (χ2v) is 5.88. The number of hydrogen-bond acceptors (Lipinski definition) is 3. The Kier molecular flexibility index (Phi) is 5.40. The van der Waals surface area contributed by atoms with E-state index in [1.165, 1.54) is 0 Å². The SMILES string of the molecule is CN(Cc1cccc(Cl)c1)C(=O)CN(C)C1CCNC1. The van der Waals surface area contributed by atoms with Crippen LogP contribution < -0.4 is 5.32 Å². The molecule has 0 radical (unpaired) electrons. The van der Waals surface area contributed by atoms with E-state index in [4.69, 9.17) is 11.6 Å². The van der Waals surface area contributed by atoms with Crippen molar-refractivity contribution < 1.29 is 4.79 Å². The van der Waals surface area contributed by atoms with Crippen molar-refractivity contribution in [2.24, 2.45) is 0 Å². The summed E-state index contributed by atoms with van der Waals surface area (Å²) >= 11 is 5.96. The second kappa shape index (κ2) is 7.07. The summed E-state index contributed by atoms with van der Waals surface area (Å²) in [6.07, 6.45) is 1.11. The van der Waals surface area contributed by atoms with Gasteiger partial charge in [-0.2, -0.15) is 0 Å². The summed E-state index contributed by atoms with van der Waals surface area (Å²) in [7, 11) is 3.85. The quantitative estimate of drug-likeness (QED) is 0.896. The molecule has 0 aromatic heterocycles. The Morgan fingerprint density at radius 3 is 2.90 bits per heavy atom. The third-order valence-electron chi connectivity index (χ3n) is 3.78. The van der Waals surface area contributed by atoms with E-state index in [9.17, 15) is 4.79 Å². The molecule has 1 aromatic carbocycles. The van der Waals surface area contributed by atoms with Gasteiger partial charge in [-0.15, -0.1) is 0 Å². The molecule has 1 unspecified atom stereocenters. The number of carbonyl (C=O) groups is 1. The molecule has 1 fully saturated rings. The minimum atomic E-state index is 0.138. The van der Waals surface area contributed by atoms with E-state index in [0.717, 1.165) is 25.1 Å². The van der Waals surface area contributed by atoms with Crippen molar-refractivity contribution in [1.82, 2.24) is 15.1 Å². The molecule has 2 rings (SSSR count). The lowest BCUT2D eigenvalue weighted by Crippen LogP contribution is -2.42. The summed E-state index contributed by atoms with van der Waals surface area (Å²) in [5.41, 5.74) is 1.05. The molecule has 0 saturated carbocycles. The third kappa shape index (κ3) is 4.20. The zero-order chi connectivity index (χ0) is 14.5. The summed E-state index contributed by atoms with van der Waals surface area (Å²) in [6.45, 7) is 3.07. The van der Waals surface area contributed by atoms with Gasteiger partial charge in [-0.3, -0.25) is 9.69 Å². The Labute approximate surface area is 125 Å². The number of benzene rings is 1. The summed E-state index contributed by atoms with van der Waals surface area (Å²) in [5.74, 6) is 0.138. The zero-order valence-corrected chi connectivity index (χ0v) is 12.9. The maximum atomic E-state index is 12.2. The van der Waals surface area contributed by atoms with Crippen LogP contribution in [0.15, 0.2) is 24.3 Å². The number of nitrogens with zero attached hydrogens (tertiary/aromatic N) is 2. The number of amides is 1. The van der Waals surface area contributed by atoms with E-state index in [0.29, 0.717) is 24.2 Å². The molecule has 1 aliphatic heterocycles. The second-order valence-electron chi connectivity index (χ2n) is 5.44. The molecule has 0 aliphatic carbocycles. The molecular weight excluding hydrogens is 274 g/mol. The number of carbonyl (C=O) groups excluding carboxylic acids is 1. The first-order chi connectivity index (χ1) is 9.56. The average Bonchev–Trinajstić information content (AvgIpc) is 2.92. The Bertz CT molecular complexity index is 460. The molecule has 1 aliphatic rings. The fourth-order valence-corrected chi connectivity index (χ4v) is 2.69. The van der Waals surface area contributed by atoms with E-state index in [2.05, 4.69) is 10.2 Å². The van der Waals surface area contributed by atoms with Crippen LogP contribution in [0.3, 0.4) is 0 Å². The highest BCUT2D eigenvalue weighted by Crippen LogP contribution is 2.12. The van der Waals surface area contributed by atoms with Gasteiger partial charge in [-0.1, -0.05) is 23.7 Å². The molecule has 1 aromatic rings. The van der Waals surface area contributed by atoms with Gasteiger partial charge < -0.3 is 10.2 Å². The summed E-state index contributed by atoms with van der Waals surface area (Å²) < 4.78 is 0. The molecule has 1 saturated heterocycles. The fourth-order valence-electron chi connectivity index (χ4n) is 2.48. The van der Waals surface area contributed by atoms with Gasteiger partial charge in [-0.25, -0.2) is 0 Å². The minimum Gasteiger partial charge on any atom is -0.340 e. The number of halogens is 1. The lowest BCUT2D eigenvalue weighted by atomic mass is 10.2. The van der Waals surface area contributed by atoms with Gasteiger partial charge in [0.25, 0.3) is 0 Å². The van der Waals surface area contributed by atoms with E-state index in [1.54, 1.807) is 4.90 Å². The van der Waals surface area contributed by atoms with Gasteiger partial charge in [0.15, 0.2) is 0 Å². The standard InChI is InChI=1S/C15H22ClN3O/c1-18(14-6-7-17-9-14)11-15(20)19(2)10-12-4-3-5-13(16)8-12/h3-5,8,14,17H,6-7,9-11H2,1-2H3. The molecule has 1 atom stereocenters. The smallest absolute Gasteiger partial charge is 0.236 e. The first-order valence-corrected chi connectivity index (χ1v) is 7.33. The lowest BCUT2D eigenvalue weighted by molar-refractivity contribution is -0.131. The van der Waals surface area contributed by atoms with Crippen molar-refractivity contribution in [1.29, 1.82) is 0 Å². The molecule has 20 heavy (non-hydrogen) atoms. The van der Waals surface area contributed by atoms with Crippen molar-refractivity contribution in [3.8, 4) is 0 Å². The average molecular weight is 296 g/mol. The molecule has 1 N–H and O–H groups in total. The topological polar surface area (TPSA) is 35.6 Å². The number of nitrogens with one attached hydrogen (secondary N) is 1. The van der Waals surface area contributed by atoms with Crippen LogP contribution in [-0.4, -0.2) is 55.5 Å². The van der Waals surface area contributed by atoms with Gasteiger partial charge in [0.1, 0.15) is 0 Å². The third-order valence-corrected chi connectivity index (χ3v) is 4.01. The number of likely N-dealkylation sites (N-methyl/N-ethyl adjacent to an activating group) is 2. The molecule has 110 valence electrons. The fraction of sp³-hybridized carbons (Fsp3) is 0.533. The summed E-state index contributed by atoms with van der Waals surface area (Å²) in [5, 5.41) is 4.03. The highest BCUT2D eigenvalue weighted by atomic mass is 35.5. The Morgan fingerprint density at radius 1 is 1.45 bits per heavy atom. The molecular formula is C15H22ClN3O. The first kappa shape index (κ1) is 15.3. The van der Waals surface area contributed by atoms with Crippen LogP contribution in [0.25, 0.3) is 0 Å². The van der Waals surface area contributed by atoms with Crippen LogP contribution in [0.4, 0.5) is 0 Å². The Balaban J connectivity index is 1.85. The monoisotopic (exact) mass is 295 g/mol. The van der Waals surface area contributed by atoms with Crippen LogP contribution in [-0.2, 0) is 11.3 Å². The van der Waals surface area contributed by atoms with Gasteiger partial charge in [-0.05, 0) is 37.7 Å². The van der Waals surface area contributed by atoms with E-state index in [1.807, 2.05) is 38.4 Å². The van der Waals surface area contributed by atoms with Crippen molar-refractivity contribution in [2.75, 3.05) is 33.7 Å². The van der Waals surface area contributed by atoms with Crippen molar-refractivity contribution >= 4 is 17.5 Å². The van der Waals surface area contributed by atoms with Crippen LogP contribution in [0, 0.1) is 0 Å². The largest absolute Gasteiger partial charge is 0.340 e. The summed E-state index contributed by atoms with van der Waals surface area (Å²) in [6, 6.07) is 8.11. The maximum Gasteiger partial charge on any atom is 0.236 e. The van der Waals surface area contributed by atoms with Crippen LogP contribution >= 0.6 is 11.6 Å². The highest BCUT2D eigenvalue weighted by molar-refractivity contribution is 6.30. The lowest BCUT2D eigenvalue weighted by Gasteiger charge is -2.26. The Hall–Kier alpha value is -1.10. The molecule has 0 bridgehead atoms. The van der Waals surface area contributed by atoms with Crippen LogP contribution in [0.1, 0.15) is 12.0 Å². The minimum absolute atomic E-state index is 0.138. The molecule has 4 nitrogen and oxygen atoms in total. The van der Waals surface area contributed by atoms with Gasteiger partial charge in [0.05, 0.1) is 6.54 Å². The zero-order valence-electron chi connectivity index (χ0n) is 12.1. The van der Waals surface area contributed by atoms with Crippen molar-refractivity contribution in [2.45, 2.75) is 19.0 Å². The predicted octanol–water partition coefficient (Wildman–Crippen LogP) is 1.59. The van der Waals surface area contributed by atoms with E-state index in [-0.39, 0.29) is 5.91 Å². The Morgan fingerprint density at radius 2 is 2.25 bits per heavy atom. The van der Waals surface area contributed by atoms with Gasteiger partial charge in [0, 0.05) is 31.2 Å². The van der Waals surface area contributed by atoms with Gasteiger partial charge in [0.2, 0.25) is 5.91 Å². The normalized spacial score (nSPS) is 18.5. The maximum absolute atomic E-state index is 12.2. The van der Waals surface area contributed by atoms with E-state index >= 15 is 0 Å². The molecule has 1 heterocycles. The number of rotatable bonds is 5. The van der Waals surface area contributed by atoms with Crippen molar-refractivity contribution in [3.05, 3.63) is 34.9 Å². The summed E-state index contributed by atoms with van der Waals surface area (Å²) in [4.78, 5) is 16.1. The van der Waals surface area contributed by atoms with Crippen LogP contribution in [0.2, 0.25) is 5.02 Å². The van der Waals surface area contributed by atoms with E-state index < -0.39 is 0 Å². The molecule has 0 spiro atoms. The van der Waals surface area contributed by atoms with Crippen LogP contribution in [0.5, 0.6) is 0 Å². The van der Waals surface area contributed by atoms with Crippen molar-refractivity contribution in [3.63, 3.8) is 0 Å². The highest BCUT2D eigenvalue weighted by Gasteiger charge is 2.22. The molecule has 5 heteroatoms. The van der Waals surface area contributed by atoms with Gasteiger partial charge >= 0.3 is 0 Å². The predicted molar refractivity (Wildman–Crippen MR) is 81.8 cm³/mol. The number of hydrogen-bond donors (Lipinski definition) is 1. The molecule has 1 amide bonds. The first-order valence-electron chi connectivity index (χ1n) is 6.95.